The van der Waals surface area contributed by atoms with E-state index in [0.717, 1.165) is 12.1 Å². The van der Waals surface area contributed by atoms with E-state index in [4.69, 9.17) is 4.74 Å². The van der Waals surface area contributed by atoms with Crippen LogP contribution >= 0.6 is 0 Å². The molecule has 1 aromatic carbocycles. The Morgan fingerprint density at radius 1 is 1.43 bits per heavy atom. The summed E-state index contributed by atoms with van der Waals surface area (Å²) >= 11 is 0. The summed E-state index contributed by atoms with van der Waals surface area (Å²) in [6, 6.07) is 4.80. The molecule has 0 radical (unpaired) electrons. The summed E-state index contributed by atoms with van der Waals surface area (Å²) in [5.41, 5.74) is 0.725. The molecule has 21 heavy (non-hydrogen) atoms. The summed E-state index contributed by atoms with van der Waals surface area (Å²) < 4.78 is 19.3. The number of carbonyl (C=O) groups excluding carboxylic acids is 1. The van der Waals surface area contributed by atoms with Crippen LogP contribution in [0.1, 0.15) is 26.3 Å². The van der Waals surface area contributed by atoms with E-state index >= 15 is 0 Å². The Labute approximate surface area is 126 Å². The van der Waals surface area contributed by atoms with Crippen LogP contribution in [0.5, 0.6) is 5.75 Å². The quantitative estimate of drug-likeness (QED) is 0.801. The first-order valence-electron chi connectivity index (χ1n) is 7.30. The maximum atomic E-state index is 13.9. The van der Waals surface area contributed by atoms with Crippen molar-refractivity contribution in [3.63, 3.8) is 0 Å². The molecule has 1 rings (SSSR count). The van der Waals surface area contributed by atoms with Crippen molar-refractivity contribution in [1.29, 1.82) is 0 Å². The van der Waals surface area contributed by atoms with Gasteiger partial charge in [-0.1, -0.05) is 26.0 Å². The van der Waals surface area contributed by atoms with Gasteiger partial charge in [-0.25, -0.2) is 4.39 Å². The van der Waals surface area contributed by atoms with E-state index in [-0.39, 0.29) is 18.3 Å². The van der Waals surface area contributed by atoms with Gasteiger partial charge in [0.05, 0.1) is 0 Å². The van der Waals surface area contributed by atoms with Crippen LogP contribution in [0.2, 0.25) is 0 Å². The molecular weight excluding hydrogens is 271 g/mol. The van der Waals surface area contributed by atoms with Gasteiger partial charge in [-0.15, -0.1) is 0 Å². The molecule has 0 saturated heterocycles. The minimum atomic E-state index is -0.439. The molecule has 0 aliphatic heterocycles. The van der Waals surface area contributed by atoms with Crippen LogP contribution in [0.15, 0.2) is 18.2 Å². The van der Waals surface area contributed by atoms with Crippen molar-refractivity contribution in [1.82, 2.24) is 10.2 Å². The molecule has 4 nitrogen and oxygen atoms in total. The number of benzene rings is 1. The number of rotatable bonds is 8. The molecule has 0 atom stereocenters. The molecule has 1 aromatic rings. The highest BCUT2D eigenvalue weighted by Crippen LogP contribution is 2.22. The lowest BCUT2D eigenvalue weighted by Gasteiger charge is -2.17. The van der Waals surface area contributed by atoms with E-state index in [1.54, 1.807) is 19.2 Å². The smallest absolute Gasteiger partial charge is 0.260 e. The first-order valence-corrected chi connectivity index (χ1v) is 7.30. The third-order valence-electron chi connectivity index (χ3n) is 3.16. The average Bonchev–Trinajstić information content (AvgIpc) is 2.45. The number of likely N-dealkylation sites (N-methyl/N-ethyl adjacent to an activating group) is 1. The maximum Gasteiger partial charge on any atom is 0.260 e. The van der Waals surface area contributed by atoms with Crippen molar-refractivity contribution in [2.75, 3.05) is 26.7 Å². The standard InChI is InChI=1S/C16H25FN2O2/c1-5-19(4)15(20)11-21-16-13(7-6-8-14(16)17)10-18-9-12(2)3/h6-8,12,18H,5,9-11H2,1-4H3. The van der Waals surface area contributed by atoms with Gasteiger partial charge in [0, 0.05) is 25.7 Å². The normalized spacial score (nSPS) is 10.8. The van der Waals surface area contributed by atoms with Crippen LogP contribution in [0, 0.1) is 11.7 Å². The topological polar surface area (TPSA) is 41.6 Å². The Bertz CT molecular complexity index is 464. The molecule has 0 saturated carbocycles. The van der Waals surface area contributed by atoms with Crippen molar-refractivity contribution in [2.45, 2.75) is 27.3 Å². The second-order valence-corrected chi connectivity index (χ2v) is 5.45. The van der Waals surface area contributed by atoms with Crippen molar-refractivity contribution in [2.24, 2.45) is 5.92 Å². The summed E-state index contributed by atoms with van der Waals surface area (Å²) in [6.45, 7) is 7.90. The SMILES string of the molecule is CCN(C)C(=O)COc1c(F)cccc1CNCC(C)C. The predicted octanol–water partition coefficient (Wildman–Crippen LogP) is 2.43. The summed E-state index contributed by atoms with van der Waals surface area (Å²) in [4.78, 5) is 13.3. The van der Waals surface area contributed by atoms with Gasteiger partial charge in [-0.05, 0) is 25.5 Å². The molecular formula is C16H25FN2O2. The van der Waals surface area contributed by atoms with Crippen molar-refractivity contribution < 1.29 is 13.9 Å². The van der Waals surface area contributed by atoms with Crippen molar-refractivity contribution in [3.05, 3.63) is 29.6 Å². The number of halogens is 1. The molecule has 0 bridgehead atoms. The van der Waals surface area contributed by atoms with Crippen molar-refractivity contribution in [3.8, 4) is 5.75 Å². The second kappa shape index (κ2) is 8.62. The molecule has 1 N–H and O–H groups in total. The lowest BCUT2D eigenvalue weighted by atomic mass is 10.1. The van der Waals surface area contributed by atoms with Gasteiger partial charge < -0.3 is 15.0 Å². The Morgan fingerprint density at radius 2 is 2.14 bits per heavy atom. The fourth-order valence-corrected chi connectivity index (χ4v) is 1.77. The van der Waals surface area contributed by atoms with Crippen LogP contribution in [0.25, 0.3) is 0 Å². The second-order valence-electron chi connectivity index (χ2n) is 5.45. The Morgan fingerprint density at radius 3 is 2.76 bits per heavy atom. The molecule has 0 unspecified atom stereocenters. The predicted molar refractivity (Wildman–Crippen MR) is 81.8 cm³/mol. The van der Waals surface area contributed by atoms with Gasteiger partial charge in [0.2, 0.25) is 0 Å². The van der Waals surface area contributed by atoms with E-state index in [1.807, 2.05) is 6.92 Å². The van der Waals surface area contributed by atoms with Crippen LogP contribution in [-0.4, -0.2) is 37.6 Å². The van der Waals surface area contributed by atoms with Crippen LogP contribution in [-0.2, 0) is 11.3 Å². The Balaban J connectivity index is 2.69. The number of para-hydroxylation sites is 1. The summed E-state index contributed by atoms with van der Waals surface area (Å²) in [5.74, 6) is 0.0713. The van der Waals surface area contributed by atoms with Crippen LogP contribution in [0.3, 0.4) is 0 Å². The summed E-state index contributed by atoms with van der Waals surface area (Å²) in [5, 5.41) is 3.25. The zero-order chi connectivity index (χ0) is 15.8. The number of nitrogens with one attached hydrogen (secondary N) is 1. The van der Waals surface area contributed by atoms with E-state index < -0.39 is 5.82 Å². The van der Waals surface area contributed by atoms with E-state index in [2.05, 4.69) is 19.2 Å². The Hall–Kier alpha value is -1.62. The molecule has 1 amide bonds. The number of ether oxygens (including phenoxy) is 1. The van der Waals surface area contributed by atoms with E-state index in [1.165, 1.54) is 11.0 Å². The molecule has 0 fully saturated rings. The third kappa shape index (κ3) is 5.71. The zero-order valence-corrected chi connectivity index (χ0v) is 13.3. The number of hydrogen-bond acceptors (Lipinski definition) is 3. The van der Waals surface area contributed by atoms with Gasteiger partial charge in [-0.3, -0.25) is 4.79 Å². The van der Waals surface area contributed by atoms with Crippen LogP contribution in [0.4, 0.5) is 4.39 Å². The highest BCUT2D eigenvalue weighted by atomic mass is 19.1. The number of hydrogen-bond donors (Lipinski definition) is 1. The monoisotopic (exact) mass is 296 g/mol. The fourth-order valence-electron chi connectivity index (χ4n) is 1.77. The molecule has 118 valence electrons. The van der Waals surface area contributed by atoms with Gasteiger partial charge in [0.25, 0.3) is 5.91 Å². The third-order valence-corrected chi connectivity index (χ3v) is 3.16. The lowest BCUT2D eigenvalue weighted by molar-refractivity contribution is -0.131. The van der Waals surface area contributed by atoms with E-state index in [0.29, 0.717) is 19.0 Å². The number of amides is 1. The molecule has 0 aromatic heterocycles. The minimum Gasteiger partial charge on any atom is -0.480 e. The fraction of sp³-hybridized carbons (Fsp3) is 0.562. The number of nitrogens with zero attached hydrogens (tertiary/aromatic N) is 1. The molecule has 0 aliphatic carbocycles. The van der Waals surface area contributed by atoms with Gasteiger partial charge >= 0.3 is 0 Å². The lowest BCUT2D eigenvalue weighted by Crippen LogP contribution is -2.31. The maximum absolute atomic E-state index is 13.9. The van der Waals surface area contributed by atoms with E-state index in [9.17, 15) is 9.18 Å². The first kappa shape index (κ1) is 17.4. The zero-order valence-electron chi connectivity index (χ0n) is 13.3. The van der Waals surface area contributed by atoms with Crippen molar-refractivity contribution >= 4 is 5.91 Å². The highest BCUT2D eigenvalue weighted by Gasteiger charge is 2.13. The van der Waals surface area contributed by atoms with Gasteiger partial charge in [0.1, 0.15) is 0 Å². The Kier molecular flexibility index (Phi) is 7.15. The summed E-state index contributed by atoms with van der Waals surface area (Å²) in [6.07, 6.45) is 0. The average molecular weight is 296 g/mol. The van der Waals surface area contributed by atoms with Gasteiger partial charge in [0.15, 0.2) is 18.2 Å². The summed E-state index contributed by atoms with van der Waals surface area (Å²) in [7, 11) is 1.69. The highest BCUT2D eigenvalue weighted by molar-refractivity contribution is 5.77. The first-order chi connectivity index (χ1) is 9.95. The minimum absolute atomic E-state index is 0.150. The number of carbonyl (C=O) groups is 1. The largest absolute Gasteiger partial charge is 0.480 e. The molecule has 0 heterocycles. The molecule has 0 spiro atoms. The molecule has 5 heteroatoms. The van der Waals surface area contributed by atoms with Crippen LogP contribution < -0.4 is 10.1 Å². The molecule has 0 aliphatic rings. The van der Waals surface area contributed by atoms with Gasteiger partial charge in [-0.2, -0.15) is 0 Å².